The molecule has 174 valence electrons. The van der Waals surface area contributed by atoms with Crippen molar-refractivity contribution in [1.82, 2.24) is 10.6 Å². The zero-order chi connectivity index (χ0) is 22.5. The molecule has 0 unspecified atom stereocenters. The van der Waals surface area contributed by atoms with E-state index in [1.165, 1.54) is 6.92 Å². The lowest BCUT2D eigenvalue weighted by atomic mass is 10.2. The van der Waals surface area contributed by atoms with Crippen LogP contribution in [-0.4, -0.2) is 87.8 Å². The first-order chi connectivity index (χ1) is 14.4. The molecule has 0 aromatic heterocycles. The van der Waals surface area contributed by atoms with E-state index < -0.39 is 5.97 Å². The summed E-state index contributed by atoms with van der Waals surface area (Å²) in [6.45, 7) is 5.83. The van der Waals surface area contributed by atoms with Gasteiger partial charge >= 0.3 is 5.97 Å². The molecule has 0 atom stereocenters. The fraction of sp³-hybridized carbons (Fsp3) is 0.800. The standard InChI is InChI=1S/C20H36N2O8/c1-17(23)4-5-18(24)16-21-8-2-10-28-12-14-30-15-13-29-11-3-9-22-19(25)6-7-20(26)27/h21H,2-16H2,1H3,(H,22,25)(H,26,27). The Morgan fingerprint density at radius 2 is 1.30 bits per heavy atom. The third-order valence-electron chi connectivity index (χ3n) is 3.82. The maximum absolute atomic E-state index is 11.4. The van der Waals surface area contributed by atoms with E-state index in [1.54, 1.807) is 0 Å². The Morgan fingerprint density at radius 1 is 0.733 bits per heavy atom. The lowest BCUT2D eigenvalue weighted by molar-refractivity contribution is -0.138. The van der Waals surface area contributed by atoms with Gasteiger partial charge in [0.25, 0.3) is 0 Å². The van der Waals surface area contributed by atoms with Crippen molar-refractivity contribution in [3.8, 4) is 0 Å². The van der Waals surface area contributed by atoms with Crippen LogP contribution in [-0.2, 0) is 33.4 Å². The first-order valence-corrected chi connectivity index (χ1v) is 10.4. The highest BCUT2D eigenvalue weighted by Gasteiger charge is 2.04. The van der Waals surface area contributed by atoms with Crippen LogP contribution in [0.2, 0.25) is 0 Å². The van der Waals surface area contributed by atoms with Gasteiger partial charge in [-0.15, -0.1) is 0 Å². The van der Waals surface area contributed by atoms with E-state index in [0.29, 0.717) is 72.0 Å². The maximum Gasteiger partial charge on any atom is 0.303 e. The number of ether oxygens (including phenoxy) is 3. The fourth-order valence-electron chi connectivity index (χ4n) is 2.18. The Bertz CT molecular complexity index is 455. The third kappa shape index (κ3) is 22.4. The summed E-state index contributed by atoms with van der Waals surface area (Å²) in [5, 5.41) is 14.1. The van der Waals surface area contributed by atoms with Gasteiger partial charge in [-0.2, -0.15) is 0 Å². The van der Waals surface area contributed by atoms with E-state index in [0.717, 1.165) is 6.42 Å². The molecule has 0 aromatic rings. The Morgan fingerprint density at radius 3 is 1.87 bits per heavy atom. The van der Waals surface area contributed by atoms with Crippen molar-refractivity contribution in [2.45, 2.75) is 45.4 Å². The zero-order valence-corrected chi connectivity index (χ0v) is 17.9. The first kappa shape index (κ1) is 28.1. The van der Waals surface area contributed by atoms with E-state index in [2.05, 4.69) is 10.6 Å². The summed E-state index contributed by atoms with van der Waals surface area (Å²) >= 11 is 0. The monoisotopic (exact) mass is 432 g/mol. The van der Waals surface area contributed by atoms with Gasteiger partial charge < -0.3 is 34.7 Å². The van der Waals surface area contributed by atoms with Crippen molar-refractivity contribution in [3.63, 3.8) is 0 Å². The van der Waals surface area contributed by atoms with E-state index in [-0.39, 0.29) is 36.9 Å². The second-order valence-electron chi connectivity index (χ2n) is 6.71. The molecule has 0 rings (SSSR count). The predicted octanol–water partition coefficient (Wildman–Crippen LogP) is 0.325. The molecule has 30 heavy (non-hydrogen) atoms. The minimum absolute atomic E-state index is 0.00942. The number of carboxylic acids is 1. The molecule has 1 amide bonds. The van der Waals surface area contributed by atoms with Crippen molar-refractivity contribution in [3.05, 3.63) is 0 Å². The molecule has 3 N–H and O–H groups in total. The molecule has 0 saturated carbocycles. The first-order valence-electron chi connectivity index (χ1n) is 10.4. The molecule has 0 radical (unpaired) electrons. The molecule has 0 bridgehead atoms. The number of carbonyl (C=O) groups excluding carboxylic acids is 3. The summed E-state index contributed by atoms with van der Waals surface area (Å²) in [6.07, 6.45) is 1.87. The van der Waals surface area contributed by atoms with Crippen molar-refractivity contribution in [1.29, 1.82) is 0 Å². The number of carboxylic acid groups (broad SMARTS) is 1. The van der Waals surface area contributed by atoms with Crippen LogP contribution in [0.3, 0.4) is 0 Å². The van der Waals surface area contributed by atoms with Gasteiger partial charge in [-0.25, -0.2) is 0 Å². The number of amides is 1. The van der Waals surface area contributed by atoms with E-state index in [4.69, 9.17) is 19.3 Å². The summed E-state index contributed by atoms with van der Waals surface area (Å²) in [5.41, 5.74) is 0. The normalized spacial score (nSPS) is 10.7. The number of aliphatic carboxylic acids is 1. The number of nitrogens with one attached hydrogen (secondary N) is 2. The van der Waals surface area contributed by atoms with Crippen molar-refractivity contribution in [2.24, 2.45) is 0 Å². The zero-order valence-electron chi connectivity index (χ0n) is 17.9. The lowest BCUT2D eigenvalue weighted by Crippen LogP contribution is -2.25. The van der Waals surface area contributed by atoms with Crippen LogP contribution in [0.1, 0.15) is 45.4 Å². The average Bonchev–Trinajstić information content (AvgIpc) is 2.70. The molecule has 10 heteroatoms. The number of rotatable bonds is 22. The van der Waals surface area contributed by atoms with Gasteiger partial charge in [-0.3, -0.25) is 14.4 Å². The van der Waals surface area contributed by atoms with E-state index >= 15 is 0 Å². The van der Waals surface area contributed by atoms with Crippen LogP contribution in [0.15, 0.2) is 0 Å². The number of carbonyl (C=O) groups is 4. The van der Waals surface area contributed by atoms with Crippen LogP contribution in [0.4, 0.5) is 0 Å². The molecule has 0 fully saturated rings. The molecule has 0 heterocycles. The Hall–Kier alpha value is -1.88. The molecule has 0 aliphatic carbocycles. The number of ketones is 2. The smallest absolute Gasteiger partial charge is 0.303 e. The fourth-order valence-corrected chi connectivity index (χ4v) is 2.18. The molecule has 10 nitrogen and oxygen atoms in total. The van der Waals surface area contributed by atoms with Crippen LogP contribution >= 0.6 is 0 Å². The molecule has 0 aliphatic rings. The molecule has 0 saturated heterocycles. The lowest BCUT2D eigenvalue weighted by Gasteiger charge is -2.08. The van der Waals surface area contributed by atoms with Gasteiger partial charge in [0.2, 0.25) is 5.91 Å². The predicted molar refractivity (Wildman–Crippen MR) is 109 cm³/mol. The Balaban J connectivity index is 3.19. The maximum atomic E-state index is 11.4. The van der Waals surface area contributed by atoms with Gasteiger partial charge in [-0.05, 0) is 26.3 Å². The van der Waals surface area contributed by atoms with E-state index in [1.807, 2.05) is 0 Å². The number of hydrogen-bond acceptors (Lipinski definition) is 8. The van der Waals surface area contributed by atoms with Crippen LogP contribution in [0, 0.1) is 0 Å². The minimum Gasteiger partial charge on any atom is -0.481 e. The minimum atomic E-state index is -0.984. The van der Waals surface area contributed by atoms with Gasteiger partial charge in [0.05, 0.1) is 39.4 Å². The van der Waals surface area contributed by atoms with Gasteiger partial charge in [-0.1, -0.05) is 0 Å². The number of Topliss-reactive ketones (excluding diaryl/α,β-unsaturated/α-hetero) is 2. The summed E-state index contributed by atoms with van der Waals surface area (Å²) < 4.78 is 16.2. The number of hydrogen-bond donors (Lipinski definition) is 3. The highest BCUT2D eigenvalue weighted by molar-refractivity contribution is 5.85. The van der Waals surface area contributed by atoms with Crippen LogP contribution in [0.25, 0.3) is 0 Å². The van der Waals surface area contributed by atoms with Gasteiger partial charge in [0, 0.05) is 39.0 Å². The Kier molecular flexibility index (Phi) is 19.1. The van der Waals surface area contributed by atoms with Gasteiger partial charge in [0.1, 0.15) is 11.6 Å². The molecule has 0 aliphatic heterocycles. The van der Waals surface area contributed by atoms with Crippen LogP contribution in [0.5, 0.6) is 0 Å². The second kappa shape index (κ2) is 20.4. The summed E-state index contributed by atoms with van der Waals surface area (Å²) in [4.78, 5) is 43.8. The summed E-state index contributed by atoms with van der Waals surface area (Å²) in [7, 11) is 0. The SMILES string of the molecule is CC(=O)CCC(=O)CNCCCOCCOCCOCCCNC(=O)CCC(=O)O. The molecular weight excluding hydrogens is 396 g/mol. The highest BCUT2D eigenvalue weighted by atomic mass is 16.5. The Labute approximate surface area is 178 Å². The van der Waals surface area contributed by atoms with Gasteiger partial charge in [0.15, 0.2) is 0 Å². The van der Waals surface area contributed by atoms with E-state index in [9.17, 15) is 19.2 Å². The second-order valence-corrected chi connectivity index (χ2v) is 6.71. The van der Waals surface area contributed by atoms with Crippen LogP contribution < -0.4 is 10.6 Å². The quantitative estimate of drug-likeness (QED) is 0.206. The van der Waals surface area contributed by atoms with Crippen molar-refractivity contribution < 1.29 is 38.5 Å². The molecule has 0 spiro atoms. The average molecular weight is 433 g/mol. The summed E-state index contributed by atoms with van der Waals surface area (Å²) in [5.74, 6) is -1.18. The topological polar surface area (TPSA) is 140 Å². The van der Waals surface area contributed by atoms with Crippen molar-refractivity contribution in [2.75, 3.05) is 59.3 Å². The summed E-state index contributed by atoms with van der Waals surface area (Å²) in [6, 6.07) is 0. The largest absolute Gasteiger partial charge is 0.481 e. The highest BCUT2D eigenvalue weighted by Crippen LogP contribution is 1.92. The van der Waals surface area contributed by atoms with Crippen molar-refractivity contribution >= 4 is 23.4 Å². The molecular formula is C20H36N2O8. The molecule has 0 aromatic carbocycles. The third-order valence-corrected chi connectivity index (χ3v) is 3.82.